The van der Waals surface area contributed by atoms with Gasteiger partial charge in [-0.05, 0) is 12.1 Å². The van der Waals surface area contributed by atoms with Gasteiger partial charge >= 0.3 is 29.6 Å². The van der Waals surface area contributed by atoms with E-state index in [1.165, 1.54) is 0 Å². The summed E-state index contributed by atoms with van der Waals surface area (Å²) in [5.74, 6) is 0. The summed E-state index contributed by atoms with van der Waals surface area (Å²) in [5.41, 5.74) is -0.105. The molecular formula is C7H6Cl2NNaO5S2. The Kier molecular flexibility index (Phi) is 6.43. The van der Waals surface area contributed by atoms with Crippen LogP contribution >= 0.6 is 23.2 Å². The van der Waals surface area contributed by atoms with E-state index in [-0.39, 0.29) is 40.3 Å². The molecule has 0 heterocycles. The first-order valence-electron chi connectivity index (χ1n) is 3.93. The van der Waals surface area contributed by atoms with Gasteiger partial charge in [-0.25, -0.2) is 16.8 Å². The molecule has 0 aliphatic heterocycles. The first-order chi connectivity index (χ1) is 7.50. The minimum absolute atomic E-state index is 0. The van der Waals surface area contributed by atoms with Crippen LogP contribution in [0, 0.1) is 0 Å². The number of benzene rings is 1. The number of hydrogen-bond donors (Lipinski definition) is 1. The van der Waals surface area contributed by atoms with Crippen molar-refractivity contribution in [1.29, 1.82) is 0 Å². The van der Waals surface area contributed by atoms with E-state index >= 15 is 0 Å². The van der Waals surface area contributed by atoms with Crippen molar-refractivity contribution in [2.75, 3.05) is 11.0 Å². The van der Waals surface area contributed by atoms with E-state index in [0.29, 0.717) is 0 Å². The SMILES string of the molecule is CS(=O)(=O)Nc1cc(Cl)c(S(=O)(=O)[O-])cc1Cl.[Na+]. The fourth-order valence-corrected chi connectivity index (χ4v) is 2.91. The standard InChI is InChI=1S/C7H7Cl2NO5S2.Na/c1-16(11,12)10-6-2-5(9)7(3-4(6)8)17(13,14)15;/h2-3,10H,1H3,(H,13,14,15);/q;+1/p-1. The van der Waals surface area contributed by atoms with Crippen LogP contribution in [0.3, 0.4) is 0 Å². The Labute approximate surface area is 137 Å². The normalized spacial score (nSPS) is 11.8. The van der Waals surface area contributed by atoms with Crippen LogP contribution in [0.2, 0.25) is 10.0 Å². The number of anilines is 1. The molecule has 11 heteroatoms. The predicted octanol–water partition coefficient (Wildman–Crippen LogP) is -1.73. The fourth-order valence-electron chi connectivity index (χ4n) is 0.998. The van der Waals surface area contributed by atoms with Crippen molar-refractivity contribution in [3.63, 3.8) is 0 Å². The molecule has 1 aromatic rings. The average Bonchev–Trinajstić information content (AvgIpc) is 2.06. The molecule has 0 saturated heterocycles. The molecule has 0 fully saturated rings. The van der Waals surface area contributed by atoms with Crippen LogP contribution in [0.1, 0.15) is 0 Å². The smallest absolute Gasteiger partial charge is 0.744 e. The van der Waals surface area contributed by atoms with Crippen molar-refractivity contribution in [2.45, 2.75) is 4.90 Å². The van der Waals surface area contributed by atoms with Gasteiger partial charge in [0.15, 0.2) is 0 Å². The first-order valence-corrected chi connectivity index (χ1v) is 7.99. The largest absolute Gasteiger partial charge is 1.00 e. The van der Waals surface area contributed by atoms with Gasteiger partial charge in [0.2, 0.25) is 10.0 Å². The monoisotopic (exact) mass is 341 g/mol. The second-order valence-corrected chi connectivity index (χ2v) is 7.00. The van der Waals surface area contributed by atoms with Crippen LogP contribution in [0.4, 0.5) is 5.69 Å². The van der Waals surface area contributed by atoms with Crippen LogP contribution in [0.15, 0.2) is 17.0 Å². The Morgan fingerprint density at radius 3 is 2.00 bits per heavy atom. The van der Waals surface area contributed by atoms with Crippen LogP contribution < -0.4 is 34.3 Å². The molecule has 1 rings (SSSR count). The third-order valence-corrected chi connectivity index (χ3v) is 3.79. The van der Waals surface area contributed by atoms with Crippen molar-refractivity contribution in [3.05, 3.63) is 22.2 Å². The van der Waals surface area contributed by atoms with E-state index < -0.39 is 30.1 Å². The number of hydrogen-bond acceptors (Lipinski definition) is 5. The molecule has 18 heavy (non-hydrogen) atoms. The Bertz CT molecular complexity index is 659. The van der Waals surface area contributed by atoms with Crippen molar-refractivity contribution >= 4 is 49.0 Å². The maximum Gasteiger partial charge on any atom is 1.00 e. The van der Waals surface area contributed by atoms with Gasteiger partial charge < -0.3 is 4.55 Å². The summed E-state index contributed by atoms with van der Waals surface area (Å²) in [5, 5.41) is -0.648. The topological polar surface area (TPSA) is 103 Å². The summed E-state index contributed by atoms with van der Waals surface area (Å²) < 4.78 is 56.2. The number of halogens is 2. The van der Waals surface area contributed by atoms with E-state index in [1.54, 1.807) is 0 Å². The fraction of sp³-hybridized carbons (Fsp3) is 0.143. The van der Waals surface area contributed by atoms with Crippen LogP contribution in [-0.2, 0) is 20.1 Å². The van der Waals surface area contributed by atoms with Crippen molar-refractivity contribution in [2.24, 2.45) is 0 Å². The van der Waals surface area contributed by atoms with Gasteiger partial charge in [-0.3, -0.25) is 4.72 Å². The van der Waals surface area contributed by atoms with Gasteiger partial charge in [-0.1, -0.05) is 23.2 Å². The molecule has 0 atom stereocenters. The quantitative estimate of drug-likeness (QED) is 0.520. The molecule has 0 aliphatic carbocycles. The molecule has 0 amide bonds. The molecule has 0 unspecified atom stereocenters. The van der Waals surface area contributed by atoms with E-state index in [4.69, 9.17) is 23.2 Å². The van der Waals surface area contributed by atoms with Gasteiger partial charge in [0, 0.05) is 0 Å². The third-order valence-electron chi connectivity index (χ3n) is 1.59. The van der Waals surface area contributed by atoms with Gasteiger partial charge in [0.05, 0.1) is 26.9 Å². The third kappa shape index (κ3) is 5.22. The Balaban J connectivity index is 0.00000289. The molecule has 0 saturated carbocycles. The maximum absolute atomic E-state index is 11.0. The predicted molar refractivity (Wildman–Crippen MR) is 62.9 cm³/mol. The van der Waals surface area contributed by atoms with Gasteiger partial charge in [0.25, 0.3) is 0 Å². The summed E-state index contributed by atoms with van der Waals surface area (Å²) >= 11 is 11.2. The molecule has 0 spiro atoms. The Morgan fingerprint density at radius 2 is 1.61 bits per heavy atom. The molecular weight excluding hydrogens is 336 g/mol. The van der Waals surface area contributed by atoms with E-state index in [9.17, 15) is 21.4 Å². The Morgan fingerprint density at radius 1 is 1.11 bits per heavy atom. The first kappa shape index (κ1) is 18.5. The zero-order chi connectivity index (χ0) is 13.4. The maximum atomic E-state index is 11.0. The summed E-state index contributed by atoms with van der Waals surface area (Å²) in [6, 6.07) is 1.75. The van der Waals surface area contributed by atoms with Gasteiger partial charge in [-0.2, -0.15) is 0 Å². The van der Waals surface area contributed by atoms with Crippen LogP contribution in [-0.4, -0.2) is 27.6 Å². The number of nitrogens with one attached hydrogen (secondary N) is 1. The minimum atomic E-state index is -4.76. The molecule has 96 valence electrons. The average molecular weight is 342 g/mol. The van der Waals surface area contributed by atoms with Gasteiger partial charge in [-0.15, -0.1) is 0 Å². The van der Waals surface area contributed by atoms with E-state index in [1.807, 2.05) is 4.72 Å². The molecule has 0 aliphatic rings. The molecule has 0 bridgehead atoms. The molecule has 0 radical (unpaired) electrons. The number of rotatable bonds is 3. The van der Waals surface area contributed by atoms with Crippen molar-refractivity contribution in [1.82, 2.24) is 0 Å². The summed E-state index contributed by atoms with van der Waals surface area (Å²) in [4.78, 5) is -0.705. The molecule has 6 nitrogen and oxygen atoms in total. The summed E-state index contributed by atoms with van der Waals surface area (Å²) in [6.07, 6.45) is 0.884. The van der Waals surface area contributed by atoms with Crippen molar-refractivity contribution in [3.8, 4) is 0 Å². The van der Waals surface area contributed by atoms with E-state index in [0.717, 1.165) is 18.4 Å². The van der Waals surface area contributed by atoms with E-state index in [2.05, 4.69) is 0 Å². The van der Waals surface area contributed by atoms with Crippen LogP contribution in [0.25, 0.3) is 0 Å². The minimum Gasteiger partial charge on any atom is -0.744 e. The molecule has 1 aromatic carbocycles. The van der Waals surface area contributed by atoms with Gasteiger partial charge in [0.1, 0.15) is 10.1 Å². The number of sulfonamides is 1. The molecule has 0 aromatic heterocycles. The van der Waals surface area contributed by atoms with Crippen LogP contribution in [0.5, 0.6) is 0 Å². The summed E-state index contributed by atoms with van der Waals surface area (Å²) in [7, 11) is -8.35. The zero-order valence-electron chi connectivity index (χ0n) is 9.27. The molecule has 1 N–H and O–H groups in total. The summed E-state index contributed by atoms with van der Waals surface area (Å²) in [6.45, 7) is 0. The zero-order valence-corrected chi connectivity index (χ0v) is 14.4. The second-order valence-electron chi connectivity index (χ2n) is 3.09. The van der Waals surface area contributed by atoms with Crippen molar-refractivity contribution < 1.29 is 50.9 Å². The second kappa shape index (κ2) is 6.27. The Hall–Kier alpha value is 0.460.